The number of pyridine rings is 1. The lowest BCUT2D eigenvalue weighted by atomic mass is 10.2. The van der Waals surface area contributed by atoms with Gasteiger partial charge in [-0.1, -0.05) is 6.07 Å². The smallest absolute Gasteiger partial charge is 0.140 e. The molecule has 0 saturated carbocycles. The van der Waals surface area contributed by atoms with Crippen molar-refractivity contribution in [1.29, 1.82) is 5.26 Å². The molecule has 3 nitrogen and oxygen atoms in total. The largest absolute Gasteiger partial charge is 0.488 e. The highest BCUT2D eigenvalue weighted by molar-refractivity contribution is 9.10. The first kappa shape index (κ1) is 12.6. The topological polar surface area (TPSA) is 45.9 Å². The summed E-state index contributed by atoms with van der Waals surface area (Å²) in [5, 5.41) is 8.76. The van der Waals surface area contributed by atoms with Crippen LogP contribution in [-0.2, 0) is 6.61 Å². The molecule has 0 N–H and O–H groups in total. The Bertz CT molecular complexity index is 605. The Morgan fingerprint density at radius 2 is 2.17 bits per heavy atom. The van der Waals surface area contributed by atoms with Crippen LogP contribution < -0.4 is 4.74 Å². The third-order valence-electron chi connectivity index (χ3n) is 2.42. The molecule has 1 aromatic heterocycles. The van der Waals surface area contributed by atoms with Crippen LogP contribution in [0.5, 0.6) is 5.75 Å². The molecule has 90 valence electrons. The number of hydrogen-bond acceptors (Lipinski definition) is 3. The molecular formula is C14H11BrN2O. The van der Waals surface area contributed by atoms with Gasteiger partial charge in [-0.3, -0.25) is 0 Å². The van der Waals surface area contributed by atoms with Crippen molar-refractivity contribution >= 4 is 15.9 Å². The summed E-state index contributed by atoms with van der Waals surface area (Å²) in [6.45, 7) is 2.44. The van der Waals surface area contributed by atoms with E-state index in [2.05, 4.69) is 20.9 Å². The minimum Gasteiger partial charge on any atom is -0.488 e. The van der Waals surface area contributed by atoms with Gasteiger partial charge in [0.1, 0.15) is 24.1 Å². The van der Waals surface area contributed by atoms with Gasteiger partial charge in [0.25, 0.3) is 0 Å². The Morgan fingerprint density at radius 1 is 1.33 bits per heavy atom. The van der Waals surface area contributed by atoms with Crippen molar-refractivity contribution in [2.24, 2.45) is 0 Å². The molecule has 4 heteroatoms. The molecule has 0 fully saturated rings. The SMILES string of the molecule is Cc1ccc(OCc2ccnc(C#N)c2)c(Br)c1. The van der Waals surface area contributed by atoms with Crippen molar-refractivity contribution in [2.45, 2.75) is 13.5 Å². The summed E-state index contributed by atoms with van der Waals surface area (Å²) in [6, 6.07) is 11.5. The molecule has 0 radical (unpaired) electrons. The number of benzene rings is 1. The van der Waals surface area contributed by atoms with Crippen LogP contribution in [0.4, 0.5) is 0 Å². The number of aromatic nitrogens is 1. The van der Waals surface area contributed by atoms with Crippen molar-refractivity contribution < 1.29 is 4.74 Å². The molecule has 0 bridgehead atoms. The molecule has 2 rings (SSSR count). The van der Waals surface area contributed by atoms with Crippen LogP contribution in [0, 0.1) is 18.3 Å². The van der Waals surface area contributed by atoms with Crippen LogP contribution in [0.1, 0.15) is 16.8 Å². The van der Waals surface area contributed by atoms with E-state index in [4.69, 9.17) is 10.00 Å². The zero-order valence-electron chi connectivity index (χ0n) is 9.85. The van der Waals surface area contributed by atoms with Crippen molar-refractivity contribution in [2.75, 3.05) is 0 Å². The maximum atomic E-state index is 8.76. The minimum atomic E-state index is 0.402. The number of ether oxygens (including phenoxy) is 1. The summed E-state index contributed by atoms with van der Waals surface area (Å²) >= 11 is 3.46. The number of hydrogen-bond donors (Lipinski definition) is 0. The highest BCUT2D eigenvalue weighted by Crippen LogP contribution is 2.26. The summed E-state index contributed by atoms with van der Waals surface area (Å²) in [5.74, 6) is 0.788. The van der Waals surface area contributed by atoms with Crippen molar-refractivity contribution in [3.8, 4) is 11.8 Å². The molecule has 0 aliphatic carbocycles. The van der Waals surface area contributed by atoms with Crippen LogP contribution in [0.3, 0.4) is 0 Å². The van der Waals surface area contributed by atoms with Crippen LogP contribution in [-0.4, -0.2) is 4.98 Å². The second-order valence-corrected chi connectivity index (χ2v) is 4.74. The highest BCUT2D eigenvalue weighted by Gasteiger charge is 2.02. The van der Waals surface area contributed by atoms with Gasteiger partial charge in [0.15, 0.2) is 0 Å². The van der Waals surface area contributed by atoms with Gasteiger partial charge in [-0.2, -0.15) is 5.26 Å². The van der Waals surface area contributed by atoms with E-state index in [1.54, 1.807) is 12.3 Å². The number of aryl methyl sites for hydroxylation is 1. The number of nitriles is 1. The summed E-state index contributed by atoms with van der Waals surface area (Å²) in [4.78, 5) is 3.92. The molecule has 0 aliphatic rings. The molecule has 1 aromatic carbocycles. The van der Waals surface area contributed by atoms with Gasteiger partial charge in [0.05, 0.1) is 4.47 Å². The van der Waals surface area contributed by atoms with Gasteiger partial charge < -0.3 is 4.74 Å². The van der Waals surface area contributed by atoms with E-state index in [9.17, 15) is 0 Å². The Labute approximate surface area is 114 Å². The van der Waals surface area contributed by atoms with Crippen LogP contribution in [0.15, 0.2) is 41.0 Å². The van der Waals surface area contributed by atoms with Gasteiger partial charge in [-0.15, -0.1) is 0 Å². The third kappa shape index (κ3) is 3.08. The maximum absolute atomic E-state index is 8.76. The molecule has 0 atom stereocenters. The van der Waals surface area contributed by atoms with Gasteiger partial charge >= 0.3 is 0 Å². The Kier molecular flexibility index (Phi) is 3.96. The maximum Gasteiger partial charge on any atom is 0.140 e. The molecule has 2 aromatic rings. The number of rotatable bonds is 3. The first-order valence-corrected chi connectivity index (χ1v) is 6.22. The number of nitrogens with zero attached hydrogens (tertiary/aromatic N) is 2. The summed E-state index contributed by atoms with van der Waals surface area (Å²) < 4.78 is 6.62. The van der Waals surface area contributed by atoms with Crippen LogP contribution in [0.25, 0.3) is 0 Å². The first-order chi connectivity index (χ1) is 8.69. The fourth-order valence-corrected chi connectivity index (χ4v) is 2.12. The third-order valence-corrected chi connectivity index (χ3v) is 3.04. The molecule has 0 aliphatic heterocycles. The monoisotopic (exact) mass is 302 g/mol. The number of halogens is 1. The van der Waals surface area contributed by atoms with Crippen molar-refractivity contribution in [3.05, 3.63) is 57.8 Å². The quantitative estimate of drug-likeness (QED) is 0.870. The van der Waals surface area contributed by atoms with Crippen molar-refractivity contribution in [1.82, 2.24) is 4.98 Å². The average Bonchev–Trinajstić information content (AvgIpc) is 2.38. The lowest BCUT2D eigenvalue weighted by Crippen LogP contribution is -1.97. The lowest BCUT2D eigenvalue weighted by Gasteiger charge is -2.08. The normalized spacial score (nSPS) is 9.83. The van der Waals surface area contributed by atoms with Crippen LogP contribution in [0.2, 0.25) is 0 Å². The molecule has 0 unspecified atom stereocenters. The van der Waals surface area contributed by atoms with E-state index < -0.39 is 0 Å². The van der Waals surface area contributed by atoms with Gasteiger partial charge in [0.2, 0.25) is 0 Å². The van der Waals surface area contributed by atoms with E-state index in [0.717, 1.165) is 15.8 Å². The van der Waals surface area contributed by atoms with Gasteiger partial charge in [0, 0.05) is 6.20 Å². The zero-order chi connectivity index (χ0) is 13.0. The summed E-state index contributed by atoms with van der Waals surface area (Å²) in [5.41, 5.74) is 2.50. The minimum absolute atomic E-state index is 0.402. The Hall–Kier alpha value is -1.86. The zero-order valence-corrected chi connectivity index (χ0v) is 11.4. The molecule has 0 spiro atoms. The van der Waals surface area contributed by atoms with E-state index >= 15 is 0 Å². The Morgan fingerprint density at radius 3 is 2.89 bits per heavy atom. The van der Waals surface area contributed by atoms with Gasteiger partial charge in [-0.05, 0) is 58.2 Å². The van der Waals surface area contributed by atoms with Crippen LogP contribution >= 0.6 is 15.9 Å². The lowest BCUT2D eigenvalue weighted by molar-refractivity contribution is 0.304. The first-order valence-electron chi connectivity index (χ1n) is 5.43. The van der Waals surface area contributed by atoms with E-state index in [-0.39, 0.29) is 0 Å². The average molecular weight is 303 g/mol. The molecule has 0 saturated heterocycles. The van der Waals surface area contributed by atoms with E-state index in [1.807, 2.05) is 37.3 Å². The fourth-order valence-electron chi connectivity index (χ4n) is 1.51. The molecular weight excluding hydrogens is 292 g/mol. The second-order valence-electron chi connectivity index (χ2n) is 3.88. The molecule has 0 amide bonds. The molecule has 18 heavy (non-hydrogen) atoms. The predicted molar refractivity (Wildman–Crippen MR) is 72.2 cm³/mol. The molecule has 1 heterocycles. The van der Waals surface area contributed by atoms with E-state index in [0.29, 0.717) is 12.3 Å². The Balaban J connectivity index is 2.09. The fraction of sp³-hybridized carbons (Fsp3) is 0.143. The van der Waals surface area contributed by atoms with Crippen molar-refractivity contribution in [3.63, 3.8) is 0 Å². The second kappa shape index (κ2) is 5.65. The predicted octanol–water partition coefficient (Wildman–Crippen LogP) is 3.60. The summed E-state index contributed by atoms with van der Waals surface area (Å²) in [7, 11) is 0. The highest BCUT2D eigenvalue weighted by atomic mass is 79.9. The van der Waals surface area contributed by atoms with Gasteiger partial charge in [-0.25, -0.2) is 4.98 Å². The van der Waals surface area contributed by atoms with E-state index in [1.165, 1.54) is 5.56 Å². The standard InChI is InChI=1S/C14H11BrN2O/c1-10-2-3-14(13(15)6-10)18-9-11-4-5-17-12(7-11)8-16/h2-7H,9H2,1H3. The summed E-state index contributed by atoms with van der Waals surface area (Å²) in [6.07, 6.45) is 1.61.